The molecule has 0 amide bonds. The molecule has 3 atom stereocenters. The average Bonchev–Trinajstić information content (AvgIpc) is 2.44. The maximum Gasteiger partial charge on any atom is 0.115 e. The van der Waals surface area contributed by atoms with Crippen LogP contribution >= 0.6 is 0 Å². The molecule has 2 N–H and O–H groups in total. The molecule has 0 saturated carbocycles. The maximum absolute atomic E-state index is 10.0. The Hall–Kier alpha value is -1.58. The van der Waals surface area contributed by atoms with Gasteiger partial charge in [-0.1, -0.05) is 24.8 Å². The maximum atomic E-state index is 10.0. The molecule has 1 aliphatic rings. The van der Waals surface area contributed by atoms with Gasteiger partial charge in [0.25, 0.3) is 0 Å². The number of ether oxygens (including phenoxy) is 1. The zero-order valence-electron chi connectivity index (χ0n) is 11.7. The Kier molecular flexibility index (Phi) is 4.99. The monoisotopic (exact) mass is 274 g/mol. The standard InChI is InChI=1S/C17H22O3/c1-3-4-16-17(19)12(2)11-15(20-16)10-7-13-5-8-14(18)9-6-13/h3,5-6,8-9,15-19H,1-2,4,7,10-11H2/t15-,16+,17-/m1/s1. The highest BCUT2D eigenvalue weighted by Gasteiger charge is 2.31. The predicted molar refractivity (Wildman–Crippen MR) is 79.7 cm³/mol. The van der Waals surface area contributed by atoms with Crippen LogP contribution in [0.3, 0.4) is 0 Å². The molecule has 3 nitrogen and oxygen atoms in total. The molecule has 108 valence electrons. The van der Waals surface area contributed by atoms with E-state index in [1.165, 1.54) is 5.56 Å². The van der Waals surface area contributed by atoms with Crippen molar-refractivity contribution in [3.05, 3.63) is 54.6 Å². The second kappa shape index (κ2) is 6.73. The summed E-state index contributed by atoms with van der Waals surface area (Å²) in [5, 5.41) is 19.3. The van der Waals surface area contributed by atoms with Crippen molar-refractivity contribution < 1.29 is 14.9 Å². The van der Waals surface area contributed by atoms with Crippen molar-refractivity contribution in [2.75, 3.05) is 0 Å². The molecule has 0 aliphatic carbocycles. The van der Waals surface area contributed by atoms with Crippen LogP contribution in [0.4, 0.5) is 0 Å². The van der Waals surface area contributed by atoms with Crippen LogP contribution < -0.4 is 0 Å². The Morgan fingerprint density at radius 1 is 1.30 bits per heavy atom. The fourth-order valence-electron chi connectivity index (χ4n) is 2.55. The Morgan fingerprint density at radius 3 is 2.65 bits per heavy atom. The summed E-state index contributed by atoms with van der Waals surface area (Å²) in [6, 6.07) is 7.23. The Balaban J connectivity index is 1.90. The largest absolute Gasteiger partial charge is 0.508 e. The van der Waals surface area contributed by atoms with Crippen LogP contribution in [0.5, 0.6) is 5.75 Å². The second-order valence-electron chi connectivity index (χ2n) is 5.33. The molecule has 1 heterocycles. The van der Waals surface area contributed by atoms with Crippen molar-refractivity contribution in [3.8, 4) is 5.75 Å². The predicted octanol–water partition coefficient (Wildman–Crippen LogP) is 2.98. The first-order valence-corrected chi connectivity index (χ1v) is 7.00. The number of aliphatic hydroxyl groups excluding tert-OH is 1. The molecule has 0 spiro atoms. The summed E-state index contributed by atoms with van der Waals surface area (Å²) in [4.78, 5) is 0. The summed E-state index contributed by atoms with van der Waals surface area (Å²) in [5.74, 6) is 0.283. The van der Waals surface area contributed by atoms with Gasteiger partial charge in [-0.3, -0.25) is 0 Å². The lowest BCUT2D eigenvalue weighted by molar-refractivity contribution is -0.0908. The highest BCUT2D eigenvalue weighted by Crippen LogP contribution is 2.28. The number of rotatable bonds is 5. The first-order chi connectivity index (χ1) is 9.60. The van der Waals surface area contributed by atoms with Crippen LogP contribution in [0.15, 0.2) is 49.1 Å². The lowest BCUT2D eigenvalue weighted by Gasteiger charge is -2.35. The van der Waals surface area contributed by atoms with Crippen molar-refractivity contribution in [2.24, 2.45) is 0 Å². The molecule has 0 unspecified atom stereocenters. The van der Waals surface area contributed by atoms with E-state index in [1.54, 1.807) is 18.2 Å². The number of hydrogen-bond donors (Lipinski definition) is 2. The van der Waals surface area contributed by atoms with E-state index >= 15 is 0 Å². The molecular formula is C17H22O3. The van der Waals surface area contributed by atoms with E-state index in [1.807, 2.05) is 12.1 Å². The minimum absolute atomic E-state index is 0.0876. The zero-order chi connectivity index (χ0) is 14.5. The zero-order valence-corrected chi connectivity index (χ0v) is 11.7. The number of aromatic hydroxyl groups is 1. The quantitative estimate of drug-likeness (QED) is 0.812. The summed E-state index contributed by atoms with van der Waals surface area (Å²) in [7, 11) is 0. The van der Waals surface area contributed by atoms with Gasteiger partial charge in [0.15, 0.2) is 0 Å². The lowest BCUT2D eigenvalue weighted by atomic mass is 9.92. The number of aliphatic hydroxyl groups is 1. The normalized spacial score (nSPS) is 26.4. The van der Waals surface area contributed by atoms with E-state index in [-0.39, 0.29) is 18.0 Å². The number of benzene rings is 1. The van der Waals surface area contributed by atoms with E-state index in [2.05, 4.69) is 13.2 Å². The smallest absolute Gasteiger partial charge is 0.115 e. The summed E-state index contributed by atoms with van der Waals surface area (Å²) < 4.78 is 5.92. The third-order valence-corrected chi connectivity index (χ3v) is 3.72. The third-order valence-electron chi connectivity index (χ3n) is 3.72. The SMILES string of the molecule is C=CC[C@@H]1O[C@H](CCc2ccc(O)cc2)CC(=C)[C@H]1O. The first-order valence-electron chi connectivity index (χ1n) is 7.00. The highest BCUT2D eigenvalue weighted by molar-refractivity contribution is 5.26. The third kappa shape index (κ3) is 3.71. The van der Waals surface area contributed by atoms with Crippen molar-refractivity contribution in [2.45, 2.75) is 44.0 Å². The molecule has 0 radical (unpaired) electrons. The van der Waals surface area contributed by atoms with Gasteiger partial charge in [0.05, 0.1) is 12.2 Å². The van der Waals surface area contributed by atoms with Gasteiger partial charge in [0, 0.05) is 0 Å². The molecule has 2 rings (SSSR count). The fourth-order valence-corrected chi connectivity index (χ4v) is 2.55. The minimum atomic E-state index is -0.585. The minimum Gasteiger partial charge on any atom is -0.508 e. The van der Waals surface area contributed by atoms with Crippen LogP contribution in [0, 0.1) is 0 Å². The molecule has 1 fully saturated rings. The Labute approximate surface area is 120 Å². The van der Waals surface area contributed by atoms with E-state index in [0.29, 0.717) is 12.8 Å². The highest BCUT2D eigenvalue weighted by atomic mass is 16.5. The molecule has 1 aromatic carbocycles. The van der Waals surface area contributed by atoms with Crippen LogP contribution in [-0.2, 0) is 11.2 Å². The summed E-state index contributed by atoms with van der Waals surface area (Å²) >= 11 is 0. The Bertz CT molecular complexity index is 464. The van der Waals surface area contributed by atoms with Crippen molar-refractivity contribution in [3.63, 3.8) is 0 Å². The second-order valence-corrected chi connectivity index (χ2v) is 5.33. The van der Waals surface area contributed by atoms with Gasteiger partial charge >= 0.3 is 0 Å². The molecule has 1 aromatic rings. The van der Waals surface area contributed by atoms with Gasteiger partial charge < -0.3 is 14.9 Å². The summed E-state index contributed by atoms with van der Waals surface area (Å²) in [6.45, 7) is 7.64. The van der Waals surface area contributed by atoms with Gasteiger partial charge in [-0.25, -0.2) is 0 Å². The lowest BCUT2D eigenvalue weighted by Crippen LogP contribution is -2.40. The number of aryl methyl sites for hydroxylation is 1. The molecule has 20 heavy (non-hydrogen) atoms. The number of phenols is 1. The number of hydrogen-bond acceptors (Lipinski definition) is 3. The molecule has 1 aliphatic heterocycles. The van der Waals surface area contributed by atoms with Crippen LogP contribution in [0.1, 0.15) is 24.8 Å². The molecule has 1 saturated heterocycles. The van der Waals surface area contributed by atoms with Gasteiger partial charge in [-0.15, -0.1) is 6.58 Å². The van der Waals surface area contributed by atoms with Gasteiger partial charge in [0.2, 0.25) is 0 Å². The average molecular weight is 274 g/mol. The van der Waals surface area contributed by atoms with Crippen LogP contribution in [0.2, 0.25) is 0 Å². The molecule has 3 heteroatoms. The fraction of sp³-hybridized carbons (Fsp3) is 0.412. The summed E-state index contributed by atoms with van der Waals surface area (Å²) in [6.07, 6.45) is 4.15. The Morgan fingerprint density at radius 2 is 2.00 bits per heavy atom. The van der Waals surface area contributed by atoms with Crippen molar-refractivity contribution in [1.29, 1.82) is 0 Å². The van der Waals surface area contributed by atoms with Crippen LogP contribution in [0.25, 0.3) is 0 Å². The topological polar surface area (TPSA) is 49.7 Å². The van der Waals surface area contributed by atoms with Crippen molar-refractivity contribution >= 4 is 0 Å². The first kappa shape index (κ1) is 14.8. The van der Waals surface area contributed by atoms with Crippen LogP contribution in [-0.4, -0.2) is 28.5 Å². The summed E-state index contributed by atoms with van der Waals surface area (Å²) in [5.41, 5.74) is 2.02. The van der Waals surface area contributed by atoms with E-state index in [0.717, 1.165) is 18.4 Å². The van der Waals surface area contributed by atoms with Gasteiger partial charge in [-0.05, 0) is 49.0 Å². The van der Waals surface area contributed by atoms with Gasteiger partial charge in [0.1, 0.15) is 11.9 Å². The van der Waals surface area contributed by atoms with Crippen molar-refractivity contribution in [1.82, 2.24) is 0 Å². The molecule has 0 aromatic heterocycles. The van der Waals surface area contributed by atoms with E-state index in [4.69, 9.17) is 4.74 Å². The molecule has 0 bridgehead atoms. The number of phenolic OH excluding ortho intramolecular Hbond substituents is 1. The van der Waals surface area contributed by atoms with Gasteiger partial charge in [-0.2, -0.15) is 0 Å². The van der Waals surface area contributed by atoms with E-state index in [9.17, 15) is 10.2 Å². The van der Waals surface area contributed by atoms with E-state index < -0.39 is 6.10 Å². The molecular weight excluding hydrogens is 252 g/mol.